The van der Waals surface area contributed by atoms with E-state index in [0.717, 1.165) is 16.7 Å². The van der Waals surface area contributed by atoms with E-state index in [9.17, 15) is 4.79 Å². The van der Waals surface area contributed by atoms with Crippen LogP contribution in [0.1, 0.15) is 18.1 Å². The molecule has 0 fully saturated rings. The minimum Gasteiger partial charge on any atom is -0.493 e. The maximum atomic E-state index is 12.2. The van der Waals surface area contributed by atoms with E-state index in [0.29, 0.717) is 29.0 Å². The van der Waals surface area contributed by atoms with Crippen LogP contribution in [0.3, 0.4) is 0 Å². The minimum atomic E-state index is -0.216. The third-order valence-electron chi connectivity index (χ3n) is 4.45. The molecule has 0 aliphatic heterocycles. The van der Waals surface area contributed by atoms with E-state index in [-0.39, 0.29) is 11.7 Å². The highest BCUT2D eigenvalue weighted by Crippen LogP contribution is 2.32. The Hall–Kier alpha value is -3.33. The first-order valence-electron chi connectivity index (χ1n) is 9.72. The van der Waals surface area contributed by atoms with Gasteiger partial charge in [0, 0.05) is 12.1 Å². The number of benzene rings is 2. The number of hydrogen-bond acceptors (Lipinski definition) is 7. The second-order valence-electron chi connectivity index (χ2n) is 6.62. The highest BCUT2D eigenvalue weighted by molar-refractivity contribution is 7.99. The smallest absolute Gasteiger partial charge is 0.250 e. The van der Waals surface area contributed by atoms with Gasteiger partial charge in [0.2, 0.25) is 0 Å². The largest absolute Gasteiger partial charge is 0.493 e. The van der Waals surface area contributed by atoms with Crippen molar-refractivity contribution in [3.63, 3.8) is 0 Å². The van der Waals surface area contributed by atoms with Crippen LogP contribution in [0, 0.1) is 6.92 Å². The van der Waals surface area contributed by atoms with Gasteiger partial charge in [-0.15, -0.1) is 10.2 Å². The van der Waals surface area contributed by atoms with Gasteiger partial charge in [0.15, 0.2) is 22.5 Å². The summed E-state index contributed by atoms with van der Waals surface area (Å²) in [7, 11) is 3.18. The first-order valence-corrected chi connectivity index (χ1v) is 10.7. The molecule has 1 aromatic heterocycles. The zero-order valence-corrected chi connectivity index (χ0v) is 18.8. The van der Waals surface area contributed by atoms with Crippen molar-refractivity contribution in [2.45, 2.75) is 25.5 Å². The maximum Gasteiger partial charge on any atom is 0.250 e. The molecule has 1 N–H and O–H groups in total. The van der Waals surface area contributed by atoms with Gasteiger partial charge in [-0.25, -0.2) is 5.43 Å². The number of amides is 1. The number of hydrogen-bond donors (Lipinski definition) is 1. The van der Waals surface area contributed by atoms with Gasteiger partial charge in [0.25, 0.3) is 5.91 Å². The summed E-state index contributed by atoms with van der Waals surface area (Å²) in [5, 5.41) is 13.2. The summed E-state index contributed by atoms with van der Waals surface area (Å²) in [4.78, 5) is 12.2. The van der Waals surface area contributed by atoms with Gasteiger partial charge < -0.3 is 14.0 Å². The second-order valence-corrected chi connectivity index (χ2v) is 7.56. The van der Waals surface area contributed by atoms with Crippen molar-refractivity contribution in [1.29, 1.82) is 0 Å². The molecule has 1 heterocycles. The number of ether oxygens (including phenoxy) is 2. The van der Waals surface area contributed by atoms with E-state index < -0.39 is 0 Å². The van der Waals surface area contributed by atoms with Gasteiger partial charge in [-0.05, 0) is 37.6 Å². The zero-order valence-electron chi connectivity index (χ0n) is 18.0. The van der Waals surface area contributed by atoms with Gasteiger partial charge in [0.05, 0.1) is 26.2 Å². The number of nitrogens with zero attached hydrogens (tertiary/aromatic N) is 4. The average Bonchev–Trinajstić information content (AvgIpc) is 3.20. The lowest BCUT2D eigenvalue weighted by molar-refractivity contribution is -0.118. The second kappa shape index (κ2) is 10.6. The summed E-state index contributed by atoms with van der Waals surface area (Å²) in [5.74, 6) is 1.92. The van der Waals surface area contributed by atoms with Gasteiger partial charge >= 0.3 is 0 Å². The van der Waals surface area contributed by atoms with Crippen molar-refractivity contribution in [3.05, 3.63) is 53.6 Å². The summed E-state index contributed by atoms with van der Waals surface area (Å²) < 4.78 is 12.6. The molecule has 0 bridgehead atoms. The summed E-state index contributed by atoms with van der Waals surface area (Å²) in [6.45, 7) is 4.67. The fourth-order valence-electron chi connectivity index (χ4n) is 2.96. The van der Waals surface area contributed by atoms with Crippen molar-refractivity contribution in [1.82, 2.24) is 20.2 Å². The lowest BCUT2D eigenvalue weighted by Crippen LogP contribution is -2.20. The molecule has 0 unspecified atom stereocenters. The van der Waals surface area contributed by atoms with Crippen LogP contribution in [0.25, 0.3) is 11.4 Å². The Labute approximate surface area is 185 Å². The number of aromatic nitrogens is 3. The number of carbonyl (C=O) groups is 1. The topological polar surface area (TPSA) is 90.6 Å². The van der Waals surface area contributed by atoms with E-state index in [1.54, 1.807) is 20.4 Å². The van der Waals surface area contributed by atoms with Crippen molar-refractivity contribution >= 4 is 23.9 Å². The van der Waals surface area contributed by atoms with Crippen LogP contribution >= 0.6 is 11.8 Å². The molecule has 8 nitrogen and oxygen atoms in total. The fourth-order valence-corrected chi connectivity index (χ4v) is 3.76. The highest BCUT2D eigenvalue weighted by atomic mass is 32.2. The van der Waals surface area contributed by atoms with Gasteiger partial charge in [-0.2, -0.15) is 5.10 Å². The van der Waals surface area contributed by atoms with Crippen LogP contribution in [-0.4, -0.2) is 46.9 Å². The normalized spacial score (nSPS) is 11.0. The van der Waals surface area contributed by atoms with E-state index in [4.69, 9.17) is 9.47 Å². The number of thioether (sulfide) groups is 1. The Morgan fingerprint density at radius 2 is 1.97 bits per heavy atom. The van der Waals surface area contributed by atoms with Crippen molar-refractivity contribution in [2.24, 2.45) is 5.10 Å². The average molecular weight is 440 g/mol. The van der Waals surface area contributed by atoms with Crippen molar-refractivity contribution in [2.75, 3.05) is 20.0 Å². The standard InChI is InChI=1S/C22H25N5O3S/c1-5-27-21(17-9-10-18(29-3)19(12-17)30-4)25-26-22(27)31-14-20(28)24-23-13-16-8-6-7-15(2)11-16/h6-13H,5,14H2,1-4H3,(H,24,28). The quantitative estimate of drug-likeness (QED) is 0.312. The molecule has 0 atom stereocenters. The predicted octanol–water partition coefficient (Wildman–Crippen LogP) is 3.53. The van der Waals surface area contributed by atoms with Crippen LogP contribution in [-0.2, 0) is 11.3 Å². The summed E-state index contributed by atoms with van der Waals surface area (Å²) in [6, 6.07) is 13.5. The Morgan fingerprint density at radius 1 is 1.16 bits per heavy atom. The van der Waals surface area contributed by atoms with E-state index in [1.165, 1.54) is 11.8 Å². The van der Waals surface area contributed by atoms with Gasteiger partial charge in [-0.3, -0.25) is 4.79 Å². The molecule has 0 saturated heterocycles. The zero-order chi connectivity index (χ0) is 22.2. The van der Waals surface area contributed by atoms with Crippen LogP contribution in [0.4, 0.5) is 0 Å². The van der Waals surface area contributed by atoms with E-state index in [2.05, 4.69) is 20.7 Å². The first-order chi connectivity index (χ1) is 15.0. The highest BCUT2D eigenvalue weighted by Gasteiger charge is 2.16. The van der Waals surface area contributed by atoms with Crippen LogP contribution < -0.4 is 14.9 Å². The lowest BCUT2D eigenvalue weighted by Gasteiger charge is -2.10. The molecule has 0 aliphatic rings. The lowest BCUT2D eigenvalue weighted by atomic mass is 10.2. The Kier molecular flexibility index (Phi) is 7.66. The summed E-state index contributed by atoms with van der Waals surface area (Å²) in [5.41, 5.74) is 5.46. The molecule has 3 rings (SSSR count). The number of hydrazone groups is 1. The van der Waals surface area contributed by atoms with E-state index in [1.807, 2.05) is 60.9 Å². The Balaban J connectivity index is 1.65. The van der Waals surface area contributed by atoms with Crippen molar-refractivity contribution < 1.29 is 14.3 Å². The molecular formula is C22H25N5O3S. The number of nitrogens with one attached hydrogen (secondary N) is 1. The molecule has 1 amide bonds. The van der Waals surface area contributed by atoms with Crippen LogP contribution in [0.5, 0.6) is 11.5 Å². The molecule has 162 valence electrons. The van der Waals surface area contributed by atoms with Crippen LogP contribution in [0.15, 0.2) is 52.7 Å². The molecular weight excluding hydrogens is 414 g/mol. The Morgan fingerprint density at radius 3 is 2.68 bits per heavy atom. The van der Waals surface area contributed by atoms with Gasteiger partial charge in [0.1, 0.15) is 0 Å². The molecule has 9 heteroatoms. The Bertz CT molecular complexity index is 1080. The molecule has 0 saturated carbocycles. The predicted molar refractivity (Wildman–Crippen MR) is 122 cm³/mol. The third-order valence-corrected chi connectivity index (χ3v) is 5.42. The number of carbonyl (C=O) groups excluding carboxylic acids is 1. The molecule has 3 aromatic rings. The maximum absolute atomic E-state index is 12.2. The molecule has 0 radical (unpaired) electrons. The number of aryl methyl sites for hydroxylation is 1. The summed E-state index contributed by atoms with van der Waals surface area (Å²) in [6.07, 6.45) is 1.62. The molecule has 0 aliphatic carbocycles. The SMILES string of the molecule is CCn1c(SCC(=O)NN=Cc2cccc(C)c2)nnc1-c1ccc(OC)c(OC)c1. The summed E-state index contributed by atoms with van der Waals surface area (Å²) >= 11 is 1.31. The molecule has 2 aromatic carbocycles. The minimum absolute atomic E-state index is 0.176. The molecule has 31 heavy (non-hydrogen) atoms. The third kappa shape index (κ3) is 5.64. The molecule has 0 spiro atoms. The van der Waals surface area contributed by atoms with Crippen molar-refractivity contribution in [3.8, 4) is 22.9 Å². The fraction of sp³-hybridized carbons (Fsp3) is 0.273. The number of rotatable bonds is 9. The van der Waals surface area contributed by atoms with Gasteiger partial charge in [-0.1, -0.05) is 41.6 Å². The monoisotopic (exact) mass is 439 g/mol. The van der Waals surface area contributed by atoms with Crippen LogP contribution in [0.2, 0.25) is 0 Å². The first kappa shape index (κ1) is 22.4. The van der Waals surface area contributed by atoms with E-state index >= 15 is 0 Å². The number of methoxy groups -OCH3 is 2.